The molecule has 0 N–H and O–H groups in total. The molecular formula is C22H26FN3O3S. The Hall–Kier alpha value is -2.71. The fraction of sp³-hybridized carbons (Fsp3) is 0.364. The van der Waals surface area contributed by atoms with Crippen LogP contribution in [-0.2, 0) is 0 Å². The number of nitrogens with zero attached hydrogens (tertiary/aromatic N) is 3. The molecule has 160 valence electrons. The number of fused-ring (bicyclic) bond motifs is 1. The number of ether oxygens (including phenoxy) is 2. The summed E-state index contributed by atoms with van der Waals surface area (Å²) in [5.74, 6) is 0.613. The number of amides is 1. The van der Waals surface area contributed by atoms with E-state index >= 15 is 0 Å². The topological polar surface area (TPSA) is 54.9 Å². The van der Waals surface area contributed by atoms with Crippen LogP contribution < -0.4 is 14.4 Å². The fourth-order valence-corrected chi connectivity index (χ4v) is 4.17. The summed E-state index contributed by atoms with van der Waals surface area (Å²) >= 11 is 1.41. The van der Waals surface area contributed by atoms with E-state index in [4.69, 9.17) is 9.47 Å². The molecule has 0 atom stereocenters. The van der Waals surface area contributed by atoms with Crippen LogP contribution in [0.2, 0.25) is 0 Å². The lowest BCUT2D eigenvalue weighted by atomic mass is 10.2. The molecule has 8 heteroatoms. The van der Waals surface area contributed by atoms with E-state index in [-0.39, 0.29) is 11.7 Å². The molecule has 1 amide bonds. The van der Waals surface area contributed by atoms with Crippen LogP contribution in [0, 0.1) is 5.82 Å². The van der Waals surface area contributed by atoms with E-state index in [0.29, 0.717) is 35.3 Å². The molecule has 0 aliphatic heterocycles. The Morgan fingerprint density at radius 2 is 1.67 bits per heavy atom. The van der Waals surface area contributed by atoms with Gasteiger partial charge in [0.15, 0.2) is 16.6 Å². The summed E-state index contributed by atoms with van der Waals surface area (Å²) in [6.07, 6.45) is 0. The lowest BCUT2D eigenvalue weighted by Crippen LogP contribution is -2.38. The van der Waals surface area contributed by atoms with E-state index in [9.17, 15) is 9.18 Å². The number of methoxy groups -OCH3 is 2. The van der Waals surface area contributed by atoms with Crippen LogP contribution in [0.3, 0.4) is 0 Å². The average Bonchev–Trinajstić information content (AvgIpc) is 3.18. The zero-order valence-electron chi connectivity index (χ0n) is 17.6. The highest BCUT2D eigenvalue weighted by molar-refractivity contribution is 7.22. The third-order valence-electron chi connectivity index (χ3n) is 4.98. The Bertz CT molecular complexity index is 962. The van der Waals surface area contributed by atoms with Gasteiger partial charge in [-0.25, -0.2) is 9.37 Å². The van der Waals surface area contributed by atoms with Gasteiger partial charge >= 0.3 is 0 Å². The molecule has 3 rings (SSSR count). The quantitative estimate of drug-likeness (QED) is 0.501. The Morgan fingerprint density at radius 1 is 1.03 bits per heavy atom. The summed E-state index contributed by atoms with van der Waals surface area (Å²) < 4.78 is 25.0. The maximum Gasteiger partial charge on any atom is 0.260 e. The number of thiazole rings is 1. The lowest BCUT2D eigenvalue weighted by Gasteiger charge is -2.24. The van der Waals surface area contributed by atoms with Gasteiger partial charge in [0.2, 0.25) is 0 Å². The van der Waals surface area contributed by atoms with Crippen molar-refractivity contribution < 1.29 is 18.7 Å². The number of halogens is 1. The highest BCUT2D eigenvalue weighted by atomic mass is 32.1. The van der Waals surface area contributed by atoms with Crippen molar-refractivity contribution in [2.45, 2.75) is 13.8 Å². The molecule has 0 fully saturated rings. The molecule has 0 radical (unpaired) electrons. The standard InChI is InChI=1S/C22H26FN3O3S/c1-5-25(6-2)11-12-26(21(27)15-7-9-16(23)10-8-15)22-24-17-13-18(28-3)19(29-4)14-20(17)30-22/h7-10,13-14H,5-6,11-12H2,1-4H3. The molecule has 2 aromatic carbocycles. The predicted octanol–water partition coefficient (Wildman–Crippen LogP) is 4.44. The molecule has 30 heavy (non-hydrogen) atoms. The van der Waals surface area contributed by atoms with E-state index < -0.39 is 0 Å². The summed E-state index contributed by atoms with van der Waals surface area (Å²) in [6, 6.07) is 9.26. The van der Waals surface area contributed by atoms with Crippen molar-refractivity contribution in [2.75, 3.05) is 45.3 Å². The van der Waals surface area contributed by atoms with Gasteiger partial charge in [0.25, 0.3) is 5.91 Å². The van der Waals surface area contributed by atoms with E-state index in [1.54, 1.807) is 25.2 Å². The zero-order valence-corrected chi connectivity index (χ0v) is 18.5. The molecule has 0 spiro atoms. The molecule has 6 nitrogen and oxygen atoms in total. The highest BCUT2D eigenvalue weighted by Crippen LogP contribution is 2.37. The predicted molar refractivity (Wildman–Crippen MR) is 119 cm³/mol. The van der Waals surface area contributed by atoms with Gasteiger partial charge in [0, 0.05) is 30.8 Å². The third-order valence-corrected chi connectivity index (χ3v) is 6.03. The van der Waals surface area contributed by atoms with Crippen LogP contribution >= 0.6 is 11.3 Å². The molecule has 1 heterocycles. The molecule has 0 aliphatic rings. The Morgan fingerprint density at radius 3 is 2.27 bits per heavy atom. The first-order valence-corrected chi connectivity index (χ1v) is 10.6. The number of carbonyl (C=O) groups is 1. The van der Waals surface area contributed by atoms with Crippen LogP contribution in [0.25, 0.3) is 10.2 Å². The minimum atomic E-state index is -0.375. The molecular weight excluding hydrogens is 405 g/mol. The van der Waals surface area contributed by atoms with E-state index in [1.807, 2.05) is 6.07 Å². The second-order valence-corrected chi connectivity index (χ2v) is 7.67. The summed E-state index contributed by atoms with van der Waals surface area (Å²) in [5, 5.41) is 0.585. The smallest absolute Gasteiger partial charge is 0.260 e. The minimum absolute atomic E-state index is 0.208. The molecule has 0 unspecified atom stereocenters. The summed E-state index contributed by atoms with van der Waals surface area (Å²) in [7, 11) is 3.16. The second-order valence-electron chi connectivity index (χ2n) is 6.66. The van der Waals surface area contributed by atoms with Crippen molar-refractivity contribution in [3.63, 3.8) is 0 Å². The van der Waals surface area contributed by atoms with Gasteiger partial charge in [-0.1, -0.05) is 25.2 Å². The molecule has 0 aliphatic carbocycles. The number of benzene rings is 2. The number of hydrogen-bond acceptors (Lipinski definition) is 6. The maximum atomic E-state index is 13.3. The normalized spacial score (nSPS) is 11.1. The van der Waals surface area contributed by atoms with Crippen LogP contribution in [0.4, 0.5) is 9.52 Å². The van der Waals surface area contributed by atoms with Crippen LogP contribution in [0.15, 0.2) is 36.4 Å². The number of aromatic nitrogens is 1. The van der Waals surface area contributed by atoms with Crippen molar-refractivity contribution >= 4 is 32.6 Å². The highest BCUT2D eigenvalue weighted by Gasteiger charge is 2.23. The lowest BCUT2D eigenvalue weighted by molar-refractivity contribution is 0.0983. The number of rotatable bonds is 9. The maximum absolute atomic E-state index is 13.3. The van der Waals surface area contributed by atoms with E-state index in [2.05, 4.69) is 23.7 Å². The third kappa shape index (κ3) is 4.71. The minimum Gasteiger partial charge on any atom is -0.493 e. The second kappa shape index (κ2) is 9.86. The van der Waals surface area contributed by atoms with Crippen LogP contribution in [0.1, 0.15) is 24.2 Å². The summed E-state index contributed by atoms with van der Waals surface area (Å²) in [6.45, 7) is 7.15. The monoisotopic (exact) mass is 431 g/mol. The van der Waals surface area contributed by atoms with E-state index in [0.717, 1.165) is 23.3 Å². The van der Waals surface area contributed by atoms with Gasteiger partial charge in [-0.2, -0.15) is 0 Å². The molecule has 0 bridgehead atoms. The van der Waals surface area contributed by atoms with Gasteiger partial charge in [-0.05, 0) is 37.4 Å². The number of hydrogen-bond donors (Lipinski definition) is 0. The number of carbonyl (C=O) groups excluding carboxylic acids is 1. The van der Waals surface area contributed by atoms with Gasteiger partial charge < -0.3 is 14.4 Å². The Labute approximate surface area is 179 Å². The number of anilines is 1. The molecule has 1 aromatic heterocycles. The zero-order chi connectivity index (χ0) is 21.7. The van der Waals surface area contributed by atoms with Crippen LogP contribution in [-0.4, -0.2) is 56.2 Å². The first kappa shape index (κ1) is 22.0. The van der Waals surface area contributed by atoms with Gasteiger partial charge in [-0.3, -0.25) is 9.69 Å². The van der Waals surface area contributed by atoms with Gasteiger partial charge in [0.1, 0.15) is 5.82 Å². The first-order chi connectivity index (χ1) is 14.5. The van der Waals surface area contributed by atoms with Crippen LogP contribution in [0.5, 0.6) is 11.5 Å². The van der Waals surface area contributed by atoms with Crippen molar-refractivity contribution in [2.24, 2.45) is 0 Å². The van der Waals surface area contributed by atoms with Gasteiger partial charge in [-0.15, -0.1) is 0 Å². The first-order valence-electron chi connectivity index (χ1n) is 9.83. The van der Waals surface area contributed by atoms with Crippen molar-refractivity contribution in [1.82, 2.24) is 9.88 Å². The molecule has 0 saturated carbocycles. The summed E-state index contributed by atoms with van der Waals surface area (Å²) in [5.41, 5.74) is 1.15. The van der Waals surface area contributed by atoms with Crippen molar-refractivity contribution in [3.05, 3.63) is 47.8 Å². The molecule has 3 aromatic rings. The molecule has 0 saturated heterocycles. The fourth-order valence-electron chi connectivity index (χ4n) is 3.17. The van der Waals surface area contributed by atoms with E-state index in [1.165, 1.54) is 35.6 Å². The Balaban J connectivity index is 1.99. The summed E-state index contributed by atoms with van der Waals surface area (Å²) in [4.78, 5) is 21.9. The Kier molecular flexibility index (Phi) is 7.23. The largest absolute Gasteiger partial charge is 0.493 e. The van der Waals surface area contributed by atoms with Crippen molar-refractivity contribution in [3.8, 4) is 11.5 Å². The SMILES string of the molecule is CCN(CC)CCN(C(=O)c1ccc(F)cc1)c1nc2cc(OC)c(OC)cc2s1. The number of likely N-dealkylation sites (N-methyl/N-ethyl adjacent to an activating group) is 1. The van der Waals surface area contributed by atoms with Crippen molar-refractivity contribution in [1.29, 1.82) is 0 Å². The van der Waals surface area contributed by atoms with Gasteiger partial charge in [0.05, 0.1) is 24.4 Å². The average molecular weight is 432 g/mol.